The van der Waals surface area contributed by atoms with Gasteiger partial charge in [-0.2, -0.15) is 25.8 Å². The molecule has 0 aromatic heterocycles. The minimum absolute atomic E-state index is 0.0154. The SMILES string of the molecule is Cc1ccc(S(=O)(=O)N2C[C@H]3C(=O)C[C@@H](c4ccccc4F)N(S(=O)(=O)c4ccc(C)cc4)[C@H]3C[C@H]2c2ccccc2)cc1.Cc1ccc(S(=O)(=O)N2[C@H](c3ccc(Cl)cc3)CC(=O)[C@@H]3CN(S(=O)(=O)c4ccccc4C)[C@H](c4ccc(Cl)cc4)C[C@@H]32)cc1.Cc1ccc(S(=O)(=O)N2[C@H](c3cccc(Cl)c3)CC(=O)[C@@H]3CN(S(=O)(=O)c4ccccc4C)[C@H](c4ccc(Cl)cc4)C[C@@H]32)cc1. The van der Waals surface area contributed by atoms with Crippen LogP contribution in [0.15, 0.2) is 327 Å². The van der Waals surface area contributed by atoms with Crippen LogP contribution in [0.4, 0.5) is 4.39 Å². The highest BCUT2D eigenvalue weighted by Crippen LogP contribution is 2.54. The van der Waals surface area contributed by atoms with E-state index in [-0.39, 0.29) is 110 Å². The number of aryl methyl sites for hydroxylation is 6. The molecule has 0 N–H and O–H groups in total. The molecule has 12 aromatic carbocycles. The van der Waals surface area contributed by atoms with Crippen molar-refractivity contribution in [2.45, 2.75) is 164 Å². The van der Waals surface area contributed by atoms with E-state index in [0.717, 1.165) is 22.3 Å². The Balaban J connectivity index is 0.000000146. The van der Waals surface area contributed by atoms with Crippen molar-refractivity contribution >= 4 is 124 Å². The molecule has 0 amide bonds. The number of hydrogen-bond acceptors (Lipinski definition) is 15. The number of Topliss-reactive ketones (excluding diaryl/α,β-unsaturated/α-hetero) is 3. The summed E-state index contributed by atoms with van der Waals surface area (Å²) in [5.41, 5.74) is 8.09. The molecule has 12 atom stereocenters. The highest BCUT2D eigenvalue weighted by atomic mass is 35.5. The lowest BCUT2D eigenvalue weighted by atomic mass is 9.77. The molecule has 6 aliphatic heterocycles. The molecule has 32 heteroatoms. The fraction of sp³-hybridized carbons (Fsp3) is 0.265. The first-order chi connectivity index (χ1) is 63.7. The molecule has 134 heavy (non-hydrogen) atoms. The Hall–Kier alpha value is -9.80. The molecule has 18 rings (SSSR count). The standard InChI is InChI=1S/2C34H32Cl2N2O5S2.C34H33FN2O5S2/c1-22-10-16-28(17-11-22)44(40,41)38-31(25-7-5-8-27(36)18-25)20-33(39)29-21-37(45(42,43)34-9-4-3-6-23(34)2)30(19-32(29)38)24-12-14-26(35)15-13-24;1-22-7-17-28(18-8-22)44(40,41)38-31(25-11-15-27(36)16-12-25)20-33(39)29-21-37(45(42,43)34-6-4-3-5-23(34)2)30(19-32(29)38)24-9-13-26(35)14-10-24;1-23-12-16-26(17-13-23)43(39,40)36-22-29-32(20-31(36)25-8-4-3-5-9-25)37(44(41,42)27-18-14-24(2)15-19-27)33(21-34(29)38)28-10-6-7-11-30(28)35/h2*3-18,29-32H,19-21H2,1-2H3;3-19,29,31-33H,20-22H2,1-2H3/t2*29-,30+,31+,32+;29-,31+,32+,33+/m111/s1. The first-order valence-corrected chi connectivity index (χ1v) is 53.8. The van der Waals surface area contributed by atoms with Gasteiger partial charge in [0.05, 0.1) is 65.6 Å². The van der Waals surface area contributed by atoms with Gasteiger partial charge < -0.3 is 0 Å². The molecule has 6 aliphatic rings. The Labute approximate surface area is 803 Å². The van der Waals surface area contributed by atoms with E-state index in [1.807, 2.05) is 33.8 Å². The van der Waals surface area contributed by atoms with Gasteiger partial charge in [0.1, 0.15) is 23.2 Å². The van der Waals surface area contributed by atoms with Gasteiger partial charge >= 0.3 is 0 Å². The summed E-state index contributed by atoms with van der Waals surface area (Å²) in [6.07, 6.45) is -0.346. The van der Waals surface area contributed by atoms with Crippen molar-refractivity contribution in [3.05, 3.63) is 390 Å². The number of carbonyl (C=O) groups is 3. The van der Waals surface area contributed by atoms with Crippen LogP contribution >= 0.6 is 46.4 Å². The number of halogens is 5. The third kappa shape index (κ3) is 19.5. The van der Waals surface area contributed by atoms with Crippen LogP contribution in [-0.2, 0) is 74.5 Å². The molecule has 0 aliphatic carbocycles. The molecule has 12 aromatic rings. The van der Waals surface area contributed by atoms with Crippen LogP contribution in [0.3, 0.4) is 0 Å². The van der Waals surface area contributed by atoms with Crippen LogP contribution in [0.1, 0.15) is 142 Å². The van der Waals surface area contributed by atoms with Crippen molar-refractivity contribution in [1.29, 1.82) is 0 Å². The minimum Gasteiger partial charge on any atom is -0.299 e. The van der Waals surface area contributed by atoms with Gasteiger partial charge in [0.15, 0.2) is 0 Å². The number of fused-ring (bicyclic) bond motifs is 3. The molecule has 0 radical (unpaired) electrons. The normalized spacial score (nSPS) is 23.1. The summed E-state index contributed by atoms with van der Waals surface area (Å²) in [5.74, 6) is -3.99. The van der Waals surface area contributed by atoms with Gasteiger partial charge in [-0.15, -0.1) is 0 Å². The van der Waals surface area contributed by atoms with E-state index in [0.29, 0.717) is 59.0 Å². The van der Waals surface area contributed by atoms with Gasteiger partial charge in [0, 0.05) is 100 Å². The first-order valence-electron chi connectivity index (χ1n) is 43.7. The number of carbonyl (C=O) groups excluding carboxylic acids is 3. The number of hydrogen-bond donors (Lipinski definition) is 0. The summed E-state index contributed by atoms with van der Waals surface area (Å²) >= 11 is 24.9. The van der Waals surface area contributed by atoms with Crippen molar-refractivity contribution in [2.24, 2.45) is 17.8 Å². The number of sulfonamides is 6. The summed E-state index contributed by atoms with van der Waals surface area (Å²) < 4.78 is 197. The van der Waals surface area contributed by atoms with Gasteiger partial charge in [-0.1, -0.05) is 251 Å². The maximum Gasteiger partial charge on any atom is 0.243 e. The smallest absolute Gasteiger partial charge is 0.243 e. The predicted octanol–water partition coefficient (Wildman–Crippen LogP) is 20.2. The second kappa shape index (κ2) is 39.4. The van der Waals surface area contributed by atoms with Gasteiger partial charge in [-0.25, -0.2) is 54.9 Å². The van der Waals surface area contributed by atoms with Crippen molar-refractivity contribution < 1.29 is 69.3 Å². The number of nitrogens with zero attached hydrogens (tertiary/aromatic N) is 6. The highest BCUT2D eigenvalue weighted by molar-refractivity contribution is 7.90. The fourth-order valence-corrected chi connectivity index (χ4v) is 31.1. The zero-order chi connectivity index (χ0) is 95.4. The molecule has 6 heterocycles. The van der Waals surface area contributed by atoms with E-state index < -0.39 is 138 Å². The van der Waals surface area contributed by atoms with Crippen molar-refractivity contribution in [2.75, 3.05) is 19.6 Å². The number of benzene rings is 12. The largest absolute Gasteiger partial charge is 0.299 e. The zero-order valence-electron chi connectivity index (χ0n) is 73.7. The maximum atomic E-state index is 15.3. The van der Waals surface area contributed by atoms with E-state index in [2.05, 4.69) is 0 Å². The van der Waals surface area contributed by atoms with Crippen LogP contribution < -0.4 is 0 Å². The van der Waals surface area contributed by atoms with Gasteiger partial charge in [0.2, 0.25) is 60.1 Å². The quantitative estimate of drug-likeness (QED) is 0.0772. The van der Waals surface area contributed by atoms with Crippen LogP contribution in [0.5, 0.6) is 0 Å². The Bertz CT molecular complexity index is 7180. The van der Waals surface area contributed by atoms with Crippen LogP contribution in [0.2, 0.25) is 20.1 Å². The van der Waals surface area contributed by atoms with E-state index >= 15 is 4.39 Å². The van der Waals surface area contributed by atoms with Gasteiger partial charge in [-0.3, -0.25) is 14.4 Å². The van der Waals surface area contributed by atoms with Crippen molar-refractivity contribution in [3.63, 3.8) is 0 Å². The molecule has 6 saturated heterocycles. The van der Waals surface area contributed by atoms with Gasteiger partial charge in [0.25, 0.3) is 0 Å². The maximum absolute atomic E-state index is 15.3. The van der Waals surface area contributed by atoms with E-state index in [9.17, 15) is 64.9 Å². The monoisotopic (exact) mass is 2000 g/mol. The van der Waals surface area contributed by atoms with E-state index in [1.54, 1.807) is 275 Å². The summed E-state index contributed by atoms with van der Waals surface area (Å²) in [7, 11) is -24.8. The summed E-state index contributed by atoms with van der Waals surface area (Å²) in [6, 6.07) is 74.5. The fourth-order valence-electron chi connectivity index (χ4n) is 19.6. The molecule has 696 valence electrons. The third-order valence-electron chi connectivity index (χ3n) is 26.5. The molecular formula is C102H97Cl4FN6O15S6. The predicted molar refractivity (Wildman–Crippen MR) is 515 cm³/mol. The molecular weight excluding hydrogens is 1900 g/mol. The molecule has 0 unspecified atom stereocenters. The number of rotatable bonds is 18. The zero-order valence-corrected chi connectivity index (χ0v) is 81.7. The van der Waals surface area contributed by atoms with E-state index in [4.69, 9.17) is 46.4 Å². The summed E-state index contributed by atoms with van der Waals surface area (Å²) in [6.45, 7) is 10.4. The second-order valence-electron chi connectivity index (χ2n) is 35.0. The molecule has 0 bridgehead atoms. The molecule has 6 fully saturated rings. The van der Waals surface area contributed by atoms with E-state index in [1.165, 1.54) is 56.2 Å². The molecule has 0 spiro atoms. The Kier molecular flexibility index (Phi) is 28.6. The van der Waals surface area contributed by atoms with Crippen LogP contribution in [-0.4, -0.2) is 131 Å². The number of piperidine rings is 6. The lowest BCUT2D eigenvalue weighted by molar-refractivity contribution is -0.133. The van der Waals surface area contributed by atoms with Crippen LogP contribution in [0, 0.1) is 65.1 Å². The first kappa shape index (κ1) is 97.3. The Morgan fingerprint density at radius 3 is 0.903 bits per heavy atom. The number of ketones is 3. The Morgan fingerprint density at radius 1 is 0.269 bits per heavy atom. The average Bonchev–Trinajstić information content (AvgIpc) is 0.728. The minimum atomic E-state index is -4.26. The molecule has 0 saturated carbocycles. The van der Waals surface area contributed by atoms with Gasteiger partial charge in [-0.05, 0) is 215 Å². The lowest BCUT2D eigenvalue weighted by Crippen LogP contribution is -2.61. The van der Waals surface area contributed by atoms with Crippen LogP contribution in [0.25, 0.3) is 0 Å². The molecule has 21 nitrogen and oxygen atoms in total. The van der Waals surface area contributed by atoms with Crippen molar-refractivity contribution in [3.8, 4) is 0 Å². The van der Waals surface area contributed by atoms with Crippen molar-refractivity contribution in [1.82, 2.24) is 25.8 Å². The highest BCUT2D eigenvalue weighted by Gasteiger charge is 2.59. The summed E-state index contributed by atoms with van der Waals surface area (Å²) in [4.78, 5) is 42.6. The topological polar surface area (TPSA) is 275 Å². The second-order valence-corrected chi connectivity index (χ2v) is 47.9. The lowest BCUT2D eigenvalue weighted by Gasteiger charge is -2.51. The Morgan fingerprint density at radius 2 is 0.552 bits per heavy atom. The third-order valence-corrected chi connectivity index (χ3v) is 39.3. The summed E-state index contributed by atoms with van der Waals surface area (Å²) in [5, 5.41) is 1.88. The average molecular weight is 2000 g/mol.